The molecule has 1 saturated carbocycles. The van der Waals surface area contributed by atoms with Crippen LogP contribution in [0.3, 0.4) is 0 Å². The standard InChI is InChI=1S/C15H21FN2O2/c1-11-4-6-15(10-17,7-5-11)9-12-2-3-14(18(19)20)13(16)8-12/h2-3,8,11H,4-7,9-10,17H2,1H3. The minimum atomic E-state index is -0.760. The summed E-state index contributed by atoms with van der Waals surface area (Å²) in [6.45, 7) is 2.82. The van der Waals surface area contributed by atoms with Crippen LogP contribution in [0, 0.1) is 27.3 Å². The fourth-order valence-corrected chi connectivity index (χ4v) is 3.07. The molecule has 0 bridgehead atoms. The molecular formula is C15H21FN2O2. The molecule has 20 heavy (non-hydrogen) atoms. The van der Waals surface area contributed by atoms with Gasteiger partial charge in [0.1, 0.15) is 0 Å². The Kier molecular flexibility index (Phi) is 4.38. The molecule has 0 radical (unpaired) electrons. The van der Waals surface area contributed by atoms with E-state index in [0.717, 1.165) is 37.2 Å². The highest BCUT2D eigenvalue weighted by Gasteiger charge is 2.33. The van der Waals surface area contributed by atoms with Crippen molar-refractivity contribution in [2.45, 2.75) is 39.0 Å². The molecule has 2 N–H and O–H groups in total. The number of benzene rings is 1. The van der Waals surface area contributed by atoms with Gasteiger partial charge in [-0.25, -0.2) is 0 Å². The van der Waals surface area contributed by atoms with Gasteiger partial charge in [0.15, 0.2) is 0 Å². The first kappa shape index (κ1) is 14.9. The van der Waals surface area contributed by atoms with Crippen molar-refractivity contribution in [3.05, 3.63) is 39.7 Å². The van der Waals surface area contributed by atoms with Crippen LogP contribution in [0.25, 0.3) is 0 Å². The number of hydrogen-bond donors (Lipinski definition) is 1. The van der Waals surface area contributed by atoms with Gasteiger partial charge in [-0.3, -0.25) is 10.1 Å². The second-order valence-electron chi connectivity index (χ2n) is 6.11. The summed E-state index contributed by atoms with van der Waals surface area (Å²) in [6.07, 6.45) is 5.08. The Morgan fingerprint density at radius 2 is 2.10 bits per heavy atom. The lowest BCUT2D eigenvalue weighted by atomic mass is 9.68. The van der Waals surface area contributed by atoms with Crippen LogP contribution < -0.4 is 5.73 Å². The van der Waals surface area contributed by atoms with Crippen molar-refractivity contribution in [2.75, 3.05) is 6.54 Å². The molecule has 5 heteroatoms. The Labute approximate surface area is 118 Å². The highest BCUT2D eigenvalue weighted by molar-refractivity contribution is 5.35. The van der Waals surface area contributed by atoms with E-state index < -0.39 is 16.4 Å². The average Bonchev–Trinajstić information content (AvgIpc) is 2.41. The van der Waals surface area contributed by atoms with E-state index in [9.17, 15) is 14.5 Å². The topological polar surface area (TPSA) is 69.2 Å². The van der Waals surface area contributed by atoms with Gasteiger partial charge in [0.05, 0.1) is 4.92 Å². The first-order valence-electron chi connectivity index (χ1n) is 7.09. The van der Waals surface area contributed by atoms with E-state index in [0.29, 0.717) is 13.0 Å². The number of nitro benzene ring substituents is 1. The maximum Gasteiger partial charge on any atom is 0.304 e. The molecule has 2 rings (SSSR count). The van der Waals surface area contributed by atoms with E-state index in [4.69, 9.17) is 5.73 Å². The minimum absolute atomic E-state index is 0.0229. The van der Waals surface area contributed by atoms with Crippen LogP contribution in [-0.2, 0) is 6.42 Å². The van der Waals surface area contributed by atoms with Crippen LogP contribution >= 0.6 is 0 Å². The molecule has 1 aromatic carbocycles. The van der Waals surface area contributed by atoms with E-state index in [1.54, 1.807) is 6.07 Å². The Bertz CT molecular complexity index is 497. The van der Waals surface area contributed by atoms with Gasteiger partial charge >= 0.3 is 5.69 Å². The molecule has 0 spiro atoms. The summed E-state index contributed by atoms with van der Waals surface area (Å²) in [5.74, 6) is -0.0351. The second kappa shape index (κ2) is 5.87. The number of nitrogens with two attached hydrogens (primary N) is 1. The molecule has 0 atom stereocenters. The van der Waals surface area contributed by atoms with Crippen LogP contribution in [0.4, 0.5) is 10.1 Å². The summed E-state index contributed by atoms with van der Waals surface area (Å²) in [6, 6.07) is 4.19. The maximum atomic E-state index is 13.7. The first-order chi connectivity index (χ1) is 9.46. The number of nitro groups is 1. The van der Waals surface area contributed by atoms with E-state index in [2.05, 4.69) is 6.92 Å². The molecule has 110 valence electrons. The highest BCUT2D eigenvalue weighted by atomic mass is 19.1. The monoisotopic (exact) mass is 280 g/mol. The molecule has 0 aliphatic heterocycles. The van der Waals surface area contributed by atoms with Gasteiger partial charge < -0.3 is 5.73 Å². The first-order valence-corrected chi connectivity index (χ1v) is 7.09. The van der Waals surface area contributed by atoms with Gasteiger partial charge in [-0.15, -0.1) is 0 Å². The molecule has 1 fully saturated rings. The predicted octanol–water partition coefficient (Wildman–Crippen LogP) is 3.43. The number of hydrogen-bond acceptors (Lipinski definition) is 3. The van der Waals surface area contributed by atoms with E-state index in [1.807, 2.05) is 0 Å². The van der Waals surface area contributed by atoms with Crippen molar-refractivity contribution >= 4 is 5.69 Å². The molecule has 4 nitrogen and oxygen atoms in total. The van der Waals surface area contributed by atoms with E-state index in [-0.39, 0.29) is 5.41 Å². The lowest BCUT2D eigenvalue weighted by Gasteiger charge is -2.38. The number of halogens is 1. The number of rotatable bonds is 4. The van der Waals surface area contributed by atoms with Crippen LogP contribution in [0.2, 0.25) is 0 Å². The quantitative estimate of drug-likeness (QED) is 0.678. The van der Waals surface area contributed by atoms with Gasteiger partial charge in [0.25, 0.3) is 0 Å². The van der Waals surface area contributed by atoms with Crippen molar-refractivity contribution < 1.29 is 9.31 Å². The average molecular weight is 280 g/mol. The Hall–Kier alpha value is -1.49. The molecule has 1 aliphatic rings. The van der Waals surface area contributed by atoms with Crippen LogP contribution in [0.1, 0.15) is 38.2 Å². The Balaban J connectivity index is 2.16. The van der Waals surface area contributed by atoms with Gasteiger partial charge in [0, 0.05) is 6.07 Å². The van der Waals surface area contributed by atoms with Gasteiger partial charge in [-0.05, 0) is 48.8 Å². The zero-order valence-corrected chi connectivity index (χ0v) is 11.8. The van der Waals surface area contributed by atoms with Gasteiger partial charge in [-0.2, -0.15) is 4.39 Å². The van der Waals surface area contributed by atoms with Crippen molar-refractivity contribution in [1.29, 1.82) is 0 Å². The van der Waals surface area contributed by atoms with Crippen molar-refractivity contribution in [3.8, 4) is 0 Å². The molecular weight excluding hydrogens is 259 g/mol. The number of nitrogens with zero attached hydrogens (tertiary/aromatic N) is 1. The third-order valence-corrected chi connectivity index (χ3v) is 4.56. The largest absolute Gasteiger partial charge is 0.330 e. The normalized spacial score (nSPS) is 26.4. The minimum Gasteiger partial charge on any atom is -0.330 e. The zero-order chi connectivity index (χ0) is 14.8. The molecule has 0 amide bonds. The Morgan fingerprint density at radius 1 is 1.45 bits per heavy atom. The van der Waals surface area contributed by atoms with Crippen molar-refractivity contribution in [2.24, 2.45) is 17.1 Å². The SMILES string of the molecule is CC1CCC(CN)(Cc2ccc([N+](=O)[O-])c(F)c2)CC1. The summed E-state index contributed by atoms with van der Waals surface area (Å²) in [7, 11) is 0. The third-order valence-electron chi connectivity index (χ3n) is 4.56. The predicted molar refractivity (Wildman–Crippen MR) is 75.9 cm³/mol. The van der Waals surface area contributed by atoms with Crippen LogP contribution in [0.5, 0.6) is 0 Å². The summed E-state index contributed by atoms with van der Waals surface area (Å²) < 4.78 is 13.7. The fourth-order valence-electron chi connectivity index (χ4n) is 3.07. The lowest BCUT2D eigenvalue weighted by molar-refractivity contribution is -0.387. The van der Waals surface area contributed by atoms with Crippen molar-refractivity contribution in [3.63, 3.8) is 0 Å². The molecule has 0 saturated heterocycles. The fraction of sp³-hybridized carbons (Fsp3) is 0.600. The maximum absolute atomic E-state index is 13.7. The molecule has 1 aliphatic carbocycles. The lowest BCUT2D eigenvalue weighted by Crippen LogP contribution is -2.36. The zero-order valence-electron chi connectivity index (χ0n) is 11.8. The molecule has 0 unspecified atom stereocenters. The summed E-state index contributed by atoms with van der Waals surface area (Å²) >= 11 is 0. The van der Waals surface area contributed by atoms with Crippen molar-refractivity contribution in [1.82, 2.24) is 0 Å². The molecule has 0 heterocycles. The second-order valence-corrected chi connectivity index (χ2v) is 6.11. The smallest absolute Gasteiger partial charge is 0.304 e. The molecule has 1 aromatic rings. The van der Waals surface area contributed by atoms with Crippen LogP contribution in [-0.4, -0.2) is 11.5 Å². The molecule has 0 aromatic heterocycles. The third kappa shape index (κ3) is 3.15. The van der Waals surface area contributed by atoms with Gasteiger partial charge in [-0.1, -0.05) is 25.8 Å². The summed E-state index contributed by atoms with van der Waals surface area (Å²) in [5.41, 5.74) is 6.30. The van der Waals surface area contributed by atoms with E-state index >= 15 is 0 Å². The summed E-state index contributed by atoms with van der Waals surface area (Å²) in [4.78, 5) is 9.93. The van der Waals surface area contributed by atoms with Crippen LogP contribution in [0.15, 0.2) is 18.2 Å². The Morgan fingerprint density at radius 3 is 2.60 bits per heavy atom. The summed E-state index contributed by atoms with van der Waals surface area (Å²) in [5, 5.41) is 10.6. The van der Waals surface area contributed by atoms with Gasteiger partial charge in [0.2, 0.25) is 5.82 Å². The van der Waals surface area contributed by atoms with E-state index in [1.165, 1.54) is 12.1 Å². The highest BCUT2D eigenvalue weighted by Crippen LogP contribution is 2.40.